The number of aromatic nitrogens is 1. The molecule has 2 aliphatic rings. The van der Waals surface area contributed by atoms with Crippen LogP contribution in [-0.4, -0.2) is 33.9 Å². The lowest BCUT2D eigenvalue weighted by Crippen LogP contribution is -2.47. The van der Waals surface area contributed by atoms with E-state index in [-0.39, 0.29) is 30.4 Å². The molecular weight excluding hydrogens is 446 g/mol. The Balaban J connectivity index is 1.43. The Morgan fingerprint density at radius 3 is 2.33 bits per heavy atom. The highest BCUT2D eigenvalue weighted by atomic mass is 16.2. The highest BCUT2D eigenvalue weighted by molar-refractivity contribution is 6.00. The molecule has 0 saturated heterocycles. The molecule has 1 saturated carbocycles. The predicted molar refractivity (Wildman–Crippen MR) is 144 cm³/mol. The van der Waals surface area contributed by atoms with Crippen molar-refractivity contribution in [3.05, 3.63) is 83.7 Å². The highest BCUT2D eigenvalue weighted by Crippen LogP contribution is 2.42. The summed E-state index contributed by atoms with van der Waals surface area (Å²) in [4.78, 5) is 31.1. The van der Waals surface area contributed by atoms with Crippen LogP contribution in [0.5, 0.6) is 0 Å². The van der Waals surface area contributed by atoms with Gasteiger partial charge in [0.05, 0.1) is 17.1 Å². The van der Waals surface area contributed by atoms with Gasteiger partial charge in [-0.1, -0.05) is 74.6 Å². The maximum Gasteiger partial charge on any atom is 0.247 e. The van der Waals surface area contributed by atoms with Gasteiger partial charge in [0.2, 0.25) is 11.8 Å². The number of carbonyl (C=O) groups excluding carboxylic acids is 2. The number of hydrogen-bond acceptors (Lipinski definition) is 2. The van der Waals surface area contributed by atoms with Crippen LogP contribution in [0.15, 0.2) is 66.9 Å². The number of anilines is 1. The molecule has 1 fully saturated rings. The smallest absolute Gasteiger partial charge is 0.247 e. The van der Waals surface area contributed by atoms with Gasteiger partial charge in [0.1, 0.15) is 12.6 Å². The molecule has 5 heteroatoms. The minimum Gasteiger partial charge on any atom is -0.330 e. The van der Waals surface area contributed by atoms with Gasteiger partial charge < -0.3 is 9.47 Å². The van der Waals surface area contributed by atoms with Gasteiger partial charge in [0.25, 0.3) is 0 Å². The van der Waals surface area contributed by atoms with Crippen LogP contribution in [0.2, 0.25) is 0 Å². The number of aryl methyl sites for hydroxylation is 1. The molecule has 1 atom stereocenters. The summed E-state index contributed by atoms with van der Waals surface area (Å²) in [6.45, 7) is 4.41. The van der Waals surface area contributed by atoms with E-state index in [1.165, 1.54) is 24.8 Å². The number of hydrogen-bond donors (Lipinski definition) is 0. The van der Waals surface area contributed by atoms with Gasteiger partial charge in [-0.25, -0.2) is 0 Å². The number of benzene rings is 2. The van der Waals surface area contributed by atoms with Crippen molar-refractivity contribution in [1.29, 1.82) is 0 Å². The maximum absolute atomic E-state index is 14.1. The topological polar surface area (TPSA) is 45.6 Å². The summed E-state index contributed by atoms with van der Waals surface area (Å²) in [6, 6.07) is 20.6. The molecule has 0 radical (unpaired) electrons. The van der Waals surface area contributed by atoms with Crippen molar-refractivity contribution in [2.24, 2.45) is 0 Å². The third kappa shape index (κ3) is 4.97. The standard InChI is InChI=1S/C31H37N3O2/c1-3-4-5-6-7-14-29(35)33(25-19-20-25)22-30(36)34-27-12-9-8-11-26(27)32-21-10-13-28(32)31(34)24-17-15-23(2)16-18-24/h8-13,15-18,21,25,31H,3-7,14,19-20,22H2,1-2H3. The van der Waals surface area contributed by atoms with Crippen LogP contribution >= 0.6 is 0 Å². The fourth-order valence-electron chi connectivity index (χ4n) is 5.38. The minimum atomic E-state index is -0.242. The fourth-order valence-corrected chi connectivity index (χ4v) is 5.38. The van der Waals surface area contributed by atoms with Crippen molar-refractivity contribution in [2.45, 2.75) is 77.3 Å². The Morgan fingerprint density at radius 2 is 1.61 bits per heavy atom. The zero-order valence-corrected chi connectivity index (χ0v) is 21.5. The van der Waals surface area contributed by atoms with E-state index >= 15 is 0 Å². The van der Waals surface area contributed by atoms with Crippen molar-refractivity contribution >= 4 is 17.5 Å². The lowest BCUT2D eigenvalue weighted by atomic mass is 9.97. The van der Waals surface area contributed by atoms with E-state index in [9.17, 15) is 9.59 Å². The molecule has 188 valence electrons. The number of fused-ring (bicyclic) bond motifs is 3. The first-order valence-electron chi connectivity index (χ1n) is 13.5. The average molecular weight is 484 g/mol. The first-order chi connectivity index (χ1) is 17.6. The molecule has 5 nitrogen and oxygen atoms in total. The molecule has 0 bridgehead atoms. The number of nitrogens with zero attached hydrogens (tertiary/aromatic N) is 3. The lowest BCUT2D eigenvalue weighted by molar-refractivity contribution is -0.136. The summed E-state index contributed by atoms with van der Waals surface area (Å²) in [7, 11) is 0. The normalized spacial score (nSPS) is 16.4. The number of rotatable bonds is 10. The molecule has 1 aliphatic carbocycles. The third-order valence-corrected chi connectivity index (χ3v) is 7.49. The van der Waals surface area contributed by atoms with Crippen LogP contribution in [-0.2, 0) is 9.59 Å². The molecule has 0 spiro atoms. The van der Waals surface area contributed by atoms with E-state index in [0.29, 0.717) is 6.42 Å². The Morgan fingerprint density at radius 1 is 0.889 bits per heavy atom. The van der Waals surface area contributed by atoms with Crippen LogP contribution in [0.4, 0.5) is 5.69 Å². The van der Waals surface area contributed by atoms with Gasteiger partial charge in [-0.2, -0.15) is 0 Å². The maximum atomic E-state index is 14.1. The zero-order valence-electron chi connectivity index (χ0n) is 21.5. The van der Waals surface area contributed by atoms with E-state index in [1.807, 2.05) is 34.1 Å². The second kappa shape index (κ2) is 10.7. The largest absolute Gasteiger partial charge is 0.330 e. The quantitative estimate of drug-likeness (QED) is 0.306. The Hall–Kier alpha value is -3.34. The molecule has 2 heterocycles. The first-order valence-corrected chi connectivity index (χ1v) is 13.5. The number of unbranched alkanes of at least 4 members (excludes halogenated alkanes) is 4. The molecule has 5 rings (SSSR count). The van der Waals surface area contributed by atoms with Crippen LogP contribution in [0, 0.1) is 6.92 Å². The van der Waals surface area contributed by atoms with Crippen molar-refractivity contribution in [3.63, 3.8) is 0 Å². The highest BCUT2D eigenvalue weighted by Gasteiger charge is 2.39. The fraction of sp³-hybridized carbons (Fsp3) is 0.419. The average Bonchev–Trinajstić information content (AvgIpc) is 3.61. The molecule has 2 amide bonds. The van der Waals surface area contributed by atoms with E-state index in [1.54, 1.807) is 0 Å². The Bertz CT molecular complexity index is 1210. The summed E-state index contributed by atoms with van der Waals surface area (Å²) < 4.78 is 2.18. The zero-order chi connectivity index (χ0) is 25.1. The lowest BCUT2D eigenvalue weighted by Gasteiger charge is -2.39. The Kier molecular flexibility index (Phi) is 7.26. The van der Waals surface area contributed by atoms with Gasteiger partial charge in [0.15, 0.2) is 0 Å². The van der Waals surface area contributed by atoms with Crippen LogP contribution in [0.1, 0.15) is 81.2 Å². The van der Waals surface area contributed by atoms with E-state index in [4.69, 9.17) is 0 Å². The van der Waals surface area contributed by atoms with E-state index < -0.39 is 0 Å². The molecule has 1 aliphatic heterocycles. The van der Waals surface area contributed by atoms with Gasteiger partial charge in [-0.3, -0.25) is 14.5 Å². The molecule has 1 aromatic heterocycles. The summed E-state index contributed by atoms with van der Waals surface area (Å²) in [5.74, 6) is 0.106. The summed E-state index contributed by atoms with van der Waals surface area (Å²) >= 11 is 0. The van der Waals surface area contributed by atoms with Gasteiger partial charge in [-0.15, -0.1) is 0 Å². The summed E-state index contributed by atoms with van der Waals surface area (Å²) in [5, 5.41) is 0. The molecule has 2 aromatic carbocycles. The number of carbonyl (C=O) groups is 2. The summed E-state index contributed by atoms with van der Waals surface area (Å²) in [5.41, 5.74) is 5.20. The van der Waals surface area contributed by atoms with Gasteiger partial charge in [0, 0.05) is 18.7 Å². The van der Waals surface area contributed by atoms with E-state index in [2.05, 4.69) is 61.0 Å². The third-order valence-electron chi connectivity index (χ3n) is 7.49. The predicted octanol–water partition coefficient (Wildman–Crippen LogP) is 6.57. The molecule has 1 unspecified atom stereocenters. The first kappa shape index (κ1) is 24.4. The van der Waals surface area contributed by atoms with Gasteiger partial charge in [-0.05, 0) is 56.0 Å². The SMILES string of the molecule is CCCCCCCC(=O)N(CC(=O)N1c2ccccc2-n2cccc2C1c1ccc(C)cc1)C1CC1. The molecule has 36 heavy (non-hydrogen) atoms. The molecular formula is C31H37N3O2. The van der Waals surface area contributed by atoms with Crippen LogP contribution in [0.25, 0.3) is 5.69 Å². The second-order valence-corrected chi connectivity index (χ2v) is 10.3. The van der Waals surface area contributed by atoms with E-state index in [0.717, 1.165) is 48.3 Å². The second-order valence-electron chi connectivity index (χ2n) is 10.3. The van der Waals surface area contributed by atoms with Crippen molar-refractivity contribution in [3.8, 4) is 5.69 Å². The minimum absolute atomic E-state index is 0.0216. The van der Waals surface area contributed by atoms with Crippen LogP contribution in [0.3, 0.4) is 0 Å². The monoisotopic (exact) mass is 483 g/mol. The van der Waals surface area contributed by atoms with Crippen molar-refractivity contribution in [1.82, 2.24) is 9.47 Å². The number of para-hydroxylation sites is 2. The Labute approximate surface area is 214 Å². The number of amides is 2. The van der Waals surface area contributed by atoms with Crippen molar-refractivity contribution in [2.75, 3.05) is 11.4 Å². The summed E-state index contributed by atoms with van der Waals surface area (Å²) in [6.07, 6.45) is 10.2. The van der Waals surface area contributed by atoms with Crippen LogP contribution < -0.4 is 4.90 Å². The van der Waals surface area contributed by atoms with Crippen molar-refractivity contribution < 1.29 is 9.59 Å². The molecule has 3 aromatic rings. The van der Waals surface area contributed by atoms with Gasteiger partial charge >= 0.3 is 0 Å². The molecule has 0 N–H and O–H groups in total.